The summed E-state index contributed by atoms with van der Waals surface area (Å²) in [6.45, 7) is 4.93. The molecule has 6 heteroatoms. The van der Waals surface area contributed by atoms with Gasteiger partial charge in [0.1, 0.15) is 17.4 Å². The van der Waals surface area contributed by atoms with E-state index in [9.17, 15) is 9.59 Å². The van der Waals surface area contributed by atoms with Crippen LogP contribution in [-0.2, 0) is 4.79 Å². The lowest BCUT2D eigenvalue weighted by Crippen LogP contribution is -2.43. The van der Waals surface area contributed by atoms with Gasteiger partial charge in [0.15, 0.2) is 0 Å². The zero-order chi connectivity index (χ0) is 12.3. The van der Waals surface area contributed by atoms with Gasteiger partial charge in [-0.25, -0.2) is 0 Å². The summed E-state index contributed by atoms with van der Waals surface area (Å²) in [6, 6.07) is -0.591. The topological polar surface area (TPSA) is 84.2 Å². The number of hydrogen-bond donors (Lipinski definition) is 2. The van der Waals surface area contributed by atoms with Crippen LogP contribution < -0.4 is 10.6 Å². The van der Waals surface area contributed by atoms with Crippen LogP contribution in [0, 0.1) is 13.8 Å². The molecular formula is C10H15N3O3. The highest BCUT2D eigenvalue weighted by molar-refractivity contribution is 5.98. The highest BCUT2D eigenvalue weighted by Crippen LogP contribution is 2.11. The zero-order valence-corrected chi connectivity index (χ0v) is 9.75. The summed E-state index contributed by atoms with van der Waals surface area (Å²) >= 11 is 0. The van der Waals surface area contributed by atoms with Gasteiger partial charge in [0, 0.05) is 7.05 Å². The predicted molar refractivity (Wildman–Crippen MR) is 57.0 cm³/mol. The molecule has 0 bridgehead atoms. The molecule has 0 fully saturated rings. The molecule has 1 atom stereocenters. The van der Waals surface area contributed by atoms with Gasteiger partial charge < -0.3 is 15.2 Å². The number of aryl methyl sites for hydroxylation is 2. The molecule has 0 aliphatic heterocycles. The molecule has 2 N–H and O–H groups in total. The van der Waals surface area contributed by atoms with Crippen molar-refractivity contribution in [2.24, 2.45) is 0 Å². The summed E-state index contributed by atoms with van der Waals surface area (Å²) in [5, 5.41) is 8.69. The van der Waals surface area contributed by atoms with E-state index >= 15 is 0 Å². The van der Waals surface area contributed by atoms with Crippen molar-refractivity contribution >= 4 is 11.8 Å². The molecule has 1 heterocycles. The van der Waals surface area contributed by atoms with E-state index in [1.54, 1.807) is 20.8 Å². The van der Waals surface area contributed by atoms with E-state index in [1.807, 2.05) is 0 Å². The average molecular weight is 225 g/mol. The second kappa shape index (κ2) is 4.78. The SMILES string of the molecule is CNC(=O)[C@@H](C)NC(=O)c1c(C)noc1C. The minimum atomic E-state index is -0.591. The third-order valence-corrected chi connectivity index (χ3v) is 2.25. The molecule has 0 unspecified atom stereocenters. The summed E-state index contributed by atoms with van der Waals surface area (Å²) in [6.07, 6.45) is 0. The Kier molecular flexibility index (Phi) is 3.65. The van der Waals surface area contributed by atoms with Crippen LogP contribution in [0.4, 0.5) is 0 Å². The lowest BCUT2D eigenvalue weighted by Gasteiger charge is -2.11. The third-order valence-electron chi connectivity index (χ3n) is 2.25. The van der Waals surface area contributed by atoms with Crippen LogP contribution in [-0.4, -0.2) is 30.1 Å². The van der Waals surface area contributed by atoms with E-state index in [1.165, 1.54) is 7.05 Å². The van der Waals surface area contributed by atoms with Crippen molar-refractivity contribution < 1.29 is 14.1 Å². The van der Waals surface area contributed by atoms with Gasteiger partial charge in [0.2, 0.25) is 5.91 Å². The Morgan fingerprint density at radius 3 is 2.44 bits per heavy atom. The molecule has 0 spiro atoms. The Morgan fingerprint density at radius 1 is 1.38 bits per heavy atom. The molecule has 1 rings (SSSR count). The second-order valence-electron chi connectivity index (χ2n) is 3.51. The fourth-order valence-corrected chi connectivity index (χ4v) is 1.36. The van der Waals surface area contributed by atoms with Gasteiger partial charge in [-0.2, -0.15) is 0 Å². The molecule has 0 saturated heterocycles. The van der Waals surface area contributed by atoms with Gasteiger partial charge in [0.05, 0.1) is 5.69 Å². The van der Waals surface area contributed by atoms with E-state index in [0.29, 0.717) is 17.0 Å². The number of likely N-dealkylation sites (N-methyl/N-ethyl adjacent to an activating group) is 1. The maximum Gasteiger partial charge on any atom is 0.257 e. The predicted octanol–water partition coefficient (Wildman–Crippen LogP) is 0.156. The van der Waals surface area contributed by atoms with Crippen molar-refractivity contribution in [2.45, 2.75) is 26.8 Å². The largest absolute Gasteiger partial charge is 0.361 e. The number of hydrogen-bond acceptors (Lipinski definition) is 4. The molecule has 0 aliphatic rings. The van der Waals surface area contributed by atoms with Crippen molar-refractivity contribution in [2.75, 3.05) is 7.05 Å². The Bertz CT molecular complexity index is 392. The van der Waals surface area contributed by atoms with Crippen LogP contribution in [0.1, 0.15) is 28.7 Å². The van der Waals surface area contributed by atoms with E-state index in [0.717, 1.165) is 0 Å². The average Bonchev–Trinajstić information content (AvgIpc) is 2.57. The Balaban J connectivity index is 2.77. The maximum absolute atomic E-state index is 11.8. The minimum Gasteiger partial charge on any atom is -0.361 e. The zero-order valence-electron chi connectivity index (χ0n) is 9.75. The van der Waals surface area contributed by atoms with Gasteiger partial charge >= 0.3 is 0 Å². The molecule has 6 nitrogen and oxygen atoms in total. The molecule has 0 radical (unpaired) electrons. The number of nitrogens with zero attached hydrogens (tertiary/aromatic N) is 1. The number of carbonyl (C=O) groups excluding carboxylic acids is 2. The van der Waals surface area contributed by atoms with Gasteiger partial charge in [-0.15, -0.1) is 0 Å². The molecule has 1 aromatic rings. The van der Waals surface area contributed by atoms with Crippen LogP contribution in [0.5, 0.6) is 0 Å². The first-order valence-electron chi connectivity index (χ1n) is 4.92. The number of nitrogens with one attached hydrogen (secondary N) is 2. The number of carbonyl (C=O) groups is 2. The molecular weight excluding hydrogens is 210 g/mol. The second-order valence-corrected chi connectivity index (χ2v) is 3.51. The smallest absolute Gasteiger partial charge is 0.257 e. The molecule has 0 aromatic carbocycles. The summed E-state index contributed by atoms with van der Waals surface area (Å²) in [4.78, 5) is 23.0. The van der Waals surface area contributed by atoms with Crippen LogP contribution in [0.2, 0.25) is 0 Å². The molecule has 0 aliphatic carbocycles. The van der Waals surface area contributed by atoms with E-state index in [-0.39, 0.29) is 11.8 Å². The standard InChI is InChI=1S/C10H15N3O3/c1-5-8(7(3)16-13-5)10(15)12-6(2)9(14)11-4/h6H,1-4H3,(H,11,14)(H,12,15)/t6-/m1/s1. The van der Waals surface area contributed by atoms with Gasteiger partial charge in [0.25, 0.3) is 5.91 Å². The molecule has 0 saturated carbocycles. The summed E-state index contributed by atoms with van der Waals surface area (Å²) in [7, 11) is 1.51. The first-order valence-corrected chi connectivity index (χ1v) is 4.92. The van der Waals surface area contributed by atoms with E-state index < -0.39 is 6.04 Å². The van der Waals surface area contributed by atoms with E-state index in [4.69, 9.17) is 4.52 Å². The van der Waals surface area contributed by atoms with Crippen molar-refractivity contribution in [3.63, 3.8) is 0 Å². The fraction of sp³-hybridized carbons (Fsp3) is 0.500. The first kappa shape index (κ1) is 12.2. The van der Waals surface area contributed by atoms with E-state index in [2.05, 4.69) is 15.8 Å². The summed E-state index contributed by atoms with van der Waals surface area (Å²) in [5.41, 5.74) is 0.898. The number of aromatic nitrogens is 1. The first-order chi connectivity index (χ1) is 7.47. The normalized spacial score (nSPS) is 12.0. The Morgan fingerprint density at radius 2 is 2.00 bits per heavy atom. The van der Waals surface area contributed by atoms with Crippen LogP contribution in [0.15, 0.2) is 4.52 Å². The highest BCUT2D eigenvalue weighted by Gasteiger charge is 2.21. The number of amides is 2. The van der Waals surface area contributed by atoms with Gasteiger partial charge in [-0.05, 0) is 20.8 Å². The lowest BCUT2D eigenvalue weighted by atomic mass is 10.2. The minimum absolute atomic E-state index is 0.250. The number of rotatable bonds is 3. The summed E-state index contributed by atoms with van der Waals surface area (Å²) in [5.74, 6) is -0.161. The van der Waals surface area contributed by atoms with Crippen molar-refractivity contribution in [1.29, 1.82) is 0 Å². The van der Waals surface area contributed by atoms with Crippen LogP contribution >= 0.6 is 0 Å². The van der Waals surface area contributed by atoms with Crippen LogP contribution in [0.25, 0.3) is 0 Å². The Labute approximate surface area is 93.4 Å². The summed E-state index contributed by atoms with van der Waals surface area (Å²) < 4.78 is 4.87. The van der Waals surface area contributed by atoms with Crippen molar-refractivity contribution in [3.05, 3.63) is 17.0 Å². The monoisotopic (exact) mass is 225 g/mol. The molecule has 88 valence electrons. The van der Waals surface area contributed by atoms with Crippen molar-refractivity contribution in [3.8, 4) is 0 Å². The van der Waals surface area contributed by atoms with Crippen molar-refractivity contribution in [1.82, 2.24) is 15.8 Å². The van der Waals surface area contributed by atoms with Gasteiger partial charge in [-0.3, -0.25) is 9.59 Å². The molecule has 1 aromatic heterocycles. The molecule has 2 amide bonds. The lowest BCUT2D eigenvalue weighted by molar-refractivity contribution is -0.122. The van der Waals surface area contributed by atoms with Gasteiger partial charge in [-0.1, -0.05) is 5.16 Å². The molecule has 16 heavy (non-hydrogen) atoms. The maximum atomic E-state index is 11.8. The third kappa shape index (κ3) is 2.39. The quantitative estimate of drug-likeness (QED) is 0.767. The fourth-order valence-electron chi connectivity index (χ4n) is 1.36. The van der Waals surface area contributed by atoms with Crippen LogP contribution in [0.3, 0.4) is 0 Å². The Hall–Kier alpha value is -1.85. The highest BCUT2D eigenvalue weighted by atomic mass is 16.5.